The van der Waals surface area contributed by atoms with E-state index in [0.717, 1.165) is 51.0 Å². The fourth-order valence-corrected chi connectivity index (χ4v) is 3.59. The standard InChI is InChI=1S/C18H25N3O4S/c1-26(24,25)13-8-17(22)19-15-4-6-16(7-5-15)20-9-11-21(12-10-20)18(23)14-2-3-14/h4-7,14H,2-3,8-13H2,1H3,(H,19,22). The van der Waals surface area contributed by atoms with E-state index in [0.29, 0.717) is 11.6 Å². The molecular weight excluding hydrogens is 354 g/mol. The quantitative estimate of drug-likeness (QED) is 0.800. The highest BCUT2D eigenvalue weighted by atomic mass is 32.2. The van der Waals surface area contributed by atoms with Gasteiger partial charge in [-0.05, 0) is 37.1 Å². The maximum Gasteiger partial charge on any atom is 0.225 e. The Balaban J connectivity index is 1.48. The second-order valence-corrected chi connectivity index (χ2v) is 9.32. The Labute approximate surface area is 154 Å². The number of nitrogens with one attached hydrogen (secondary N) is 1. The topological polar surface area (TPSA) is 86.8 Å². The van der Waals surface area contributed by atoms with Crippen molar-refractivity contribution in [3.8, 4) is 0 Å². The van der Waals surface area contributed by atoms with E-state index in [-0.39, 0.29) is 24.0 Å². The Morgan fingerprint density at radius 2 is 1.69 bits per heavy atom. The molecule has 0 bridgehead atoms. The maximum atomic E-state index is 12.1. The molecule has 1 saturated heterocycles. The summed E-state index contributed by atoms with van der Waals surface area (Å²) in [6.45, 7) is 3.11. The van der Waals surface area contributed by atoms with Gasteiger partial charge in [-0.25, -0.2) is 8.42 Å². The van der Waals surface area contributed by atoms with Crippen LogP contribution in [0.25, 0.3) is 0 Å². The summed E-state index contributed by atoms with van der Waals surface area (Å²) >= 11 is 0. The second-order valence-electron chi connectivity index (χ2n) is 7.06. The summed E-state index contributed by atoms with van der Waals surface area (Å²) < 4.78 is 22.2. The number of carbonyl (C=O) groups excluding carboxylic acids is 2. The zero-order valence-corrected chi connectivity index (χ0v) is 15.8. The monoisotopic (exact) mass is 379 g/mol. The Hall–Kier alpha value is -2.09. The lowest BCUT2D eigenvalue weighted by Gasteiger charge is -2.36. The Morgan fingerprint density at radius 1 is 1.08 bits per heavy atom. The summed E-state index contributed by atoms with van der Waals surface area (Å²) in [6.07, 6.45) is 3.15. The summed E-state index contributed by atoms with van der Waals surface area (Å²) in [5.74, 6) is 0.111. The van der Waals surface area contributed by atoms with E-state index < -0.39 is 9.84 Å². The van der Waals surface area contributed by atoms with Gasteiger partial charge in [0.05, 0.1) is 5.75 Å². The largest absolute Gasteiger partial charge is 0.368 e. The number of piperazine rings is 1. The van der Waals surface area contributed by atoms with Gasteiger partial charge in [-0.1, -0.05) is 0 Å². The van der Waals surface area contributed by atoms with Crippen molar-refractivity contribution in [2.24, 2.45) is 5.92 Å². The molecule has 2 amide bonds. The van der Waals surface area contributed by atoms with Gasteiger partial charge < -0.3 is 15.1 Å². The van der Waals surface area contributed by atoms with Gasteiger partial charge >= 0.3 is 0 Å². The van der Waals surface area contributed by atoms with E-state index in [4.69, 9.17) is 0 Å². The molecule has 1 saturated carbocycles. The first-order chi connectivity index (χ1) is 12.3. The lowest BCUT2D eigenvalue weighted by Crippen LogP contribution is -2.49. The van der Waals surface area contributed by atoms with Crippen LogP contribution in [0, 0.1) is 5.92 Å². The summed E-state index contributed by atoms with van der Waals surface area (Å²) in [5, 5.41) is 2.71. The van der Waals surface area contributed by atoms with E-state index >= 15 is 0 Å². The number of nitrogens with zero attached hydrogens (tertiary/aromatic N) is 2. The highest BCUT2D eigenvalue weighted by molar-refractivity contribution is 7.90. The van der Waals surface area contributed by atoms with Crippen LogP contribution in [0.5, 0.6) is 0 Å². The van der Waals surface area contributed by atoms with Crippen LogP contribution < -0.4 is 10.2 Å². The average Bonchev–Trinajstić information content (AvgIpc) is 3.45. The summed E-state index contributed by atoms with van der Waals surface area (Å²) in [4.78, 5) is 28.1. The molecule has 0 radical (unpaired) electrons. The van der Waals surface area contributed by atoms with Crippen molar-refractivity contribution in [1.29, 1.82) is 0 Å². The summed E-state index contributed by atoms with van der Waals surface area (Å²) in [5.41, 5.74) is 1.70. The molecule has 0 unspecified atom stereocenters. The van der Waals surface area contributed by atoms with E-state index in [1.165, 1.54) is 0 Å². The molecule has 2 fully saturated rings. The minimum absolute atomic E-state index is 0.0441. The van der Waals surface area contributed by atoms with Crippen LogP contribution in [0.4, 0.5) is 11.4 Å². The minimum atomic E-state index is -3.14. The number of sulfone groups is 1. The van der Waals surface area contributed by atoms with Crippen molar-refractivity contribution < 1.29 is 18.0 Å². The number of hydrogen-bond donors (Lipinski definition) is 1. The van der Waals surface area contributed by atoms with Gasteiger partial charge in [-0.2, -0.15) is 0 Å². The molecule has 0 aromatic heterocycles. The van der Waals surface area contributed by atoms with Crippen LogP contribution in [0.2, 0.25) is 0 Å². The number of carbonyl (C=O) groups is 2. The summed E-state index contributed by atoms with van der Waals surface area (Å²) in [6, 6.07) is 7.50. The van der Waals surface area contributed by atoms with Gasteiger partial charge in [0.25, 0.3) is 0 Å². The molecule has 7 nitrogen and oxygen atoms in total. The van der Waals surface area contributed by atoms with Crippen molar-refractivity contribution in [2.75, 3.05) is 48.4 Å². The maximum absolute atomic E-state index is 12.1. The van der Waals surface area contributed by atoms with Gasteiger partial charge in [-0.15, -0.1) is 0 Å². The molecule has 1 aromatic rings. The summed E-state index contributed by atoms with van der Waals surface area (Å²) in [7, 11) is -3.14. The van der Waals surface area contributed by atoms with E-state index in [1.807, 2.05) is 29.2 Å². The number of hydrogen-bond acceptors (Lipinski definition) is 5. The first-order valence-electron chi connectivity index (χ1n) is 8.93. The fourth-order valence-electron chi connectivity index (χ4n) is 3.03. The molecule has 26 heavy (non-hydrogen) atoms. The van der Waals surface area contributed by atoms with Crippen molar-refractivity contribution in [3.05, 3.63) is 24.3 Å². The molecule has 142 valence electrons. The van der Waals surface area contributed by atoms with Gasteiger partial charge in [0, 0.05) is 56.1 Å². The third-order valence-corrected chi connectivity index (χ3v) is 5.68. The average molecular weight is 379 g/mol. The smallest absolute Gasteiger partial charge is 0.225 e. The highest BCUT2D eigenvalue weighted by Gasteiger charge is 2.34. The van der Waals surface area contributed by atoms with Crippen LogP contribution in [0.3, 0.4) is 0 Å². The SMILES string of the molecule is CS(=O)(=O)CCC(=O)Nc1ccc(N2CCN(C(=O)C3CC3)CC2)cc1. The van der Waals surface area contributed by atoms with E-state index in [9.17, 15) is 18.0 Å². The van der Waals surface area contributed by atoms with Crippen molar-refractivity contribution in [1.82, 2.24) is 4.90 Å². The van der Waals surface area contributed by atoms with Crippen molar-refractivity contribution in [3.63, 3.8) is 0 Å². The molecule has 2 aliphatic rings. The lowest BCUT2D eigenvalue weighted by molar-refractivity contribution is -0.132. The zero-order chi connectivity index (χ0) is 18.7. The molecular formula is C18H25N3O4S. The zero-order valence-electron chi connectivity index (χ0n) is 15.0. The fraction of sp³-hybridized carbons (Fsp3) is 0.556. The third-order valence-electron chi connectivity index (χ3n) is 4.73. The number of benzene rings is 1. The van der Waals surface area contributed by atoms with Gasteiger partial charge in [-0.3, -0.25) is 9.59 Å². The minimum Gasteiger partial charge on any atom is -0.368 e. The number of anilines is 2. The van der Waals surface area contributed by atoms with E-state index in [1.54, 1.807) is 0 Å². The molecule has 1 N–H and O–H groups in total. The Kier molecular flexibility index (Phi) is 5.50. The van der Waals surface area contributed by atoms with Crippen LogP contribution >= 0.6 is 0 Å². The number of amides is 2. The molecule has 0 spiro atoms. The Morgan fingerprint density at radius 3 is 2.23 bits per heavy atom. The predicted molar refractivity (Wildman–Crippen MR) is 101 cm³/mol. The van der Waals surface area contributed by atoms with Crippen molar-refractivity contribution >= 4 is 33.0 Å². The third kappa shape index (κ3) is 5.20. The Bertz CT molecular complexity index is 764. The molecule has 1 heterocycles. The van der Waals surface area contributed by atoms with Crippen LogP contribution in [0.15, 0.2) is 24.3 Å². The molecule has 1 aromatic carbocycles. The molecule has 8 heteroatoms. The van der Waals surface area contributed by atoms with Gasteiger partial charge in [0.1, 0.15) is 9.84 Å². The predicted octanol–water partition coefficient (Wildman–Crippen LogP) is 1.12. The normalized spacial score (nSPS) is 17.9. The second kappa shape index (κ2) is 7.65. The lowest BCUT2D eigenvalue weighted by atomic mass is 10.2. The first-order valence-corrected chi connectivity index (χ1v) is 11.0. The van der Waals surface area contributed by atoms with E-state index in [2.05, 4.69) is 10.2 Å². The molecule has 1 aliphatic heterocycles. The molecule has 0 atom stereocenters. The van der Waals surface area contributed by atoms with Crippen LogP contribution in [0.1, 0.15) is 19.3 Å². The van der Waals surface area contributed by atoms with Crippen LogP contribution in [-0.2, 0) is 19.4 Å². The van der Waals surface area contributed by atoms with Gasteiger partial charge in [0.15, 0.2) is 0 Å². The van der Waals surface area contributed by atoms with Crippen LogP contribution in [-0.4, -0.2) is 63.3 Å². The number of rotatable bonds is 6. The molecule has 1 aliphatic carbocycles. The highest BCUT2D eigenvalue weighted by Crippen LogP contribution is 2.31. The molecule has 3 rings (SSSR count). The van der Waals surface area contributed by atoms with Gasteiger partial charge in [0.2, 0.25) is 11.8 Å². The first kappa shape index (κ1) is 18.7. The van der Waals surface area contributed by atoms with Crippen molar-refractivity contribution in [2.45, 2.75) is 19.3 Å².